The van der Waals surface area contributed by atoms with E-state index >= 15 is 0 Å². The summed E-state index contributed by atoms with van der Waals surface area (Å²) >= 11 is 0. The molecule has 0 aromatic carbocycles. The van der Waals surface area contributed by atoms with E-state index in [4.69, 9.17) is 0 Å². The van der Waals surface area contributed by atoms with Crippen molar-refractivity contribution < 1.29 is 5.11 Å². The first kappa shape index (κ1) is 16.0. The molecule has 0 aromatic heterocycles. The Morgan fingerprint density at radius 2 is 1.38 bits per heavy atom. The molecule has 0 saturated heterocycles. The summed E-state index contributed by atoms with van der Waals surface area (Å²) in [6.07, 6.45) is 7.07. The molecule has 0 saturated carbocycles. The Bertz CT molecular complexity index is 152. The molecule has 0 spiro atoms. The van der Waals surface area contributed by atoms with Crippen LogP contribution in [0.25, 0.3) is 0 Å². The predicted octanol–water partition coefficient (Wildman–Crippen LogP) is 4.64. The molecule has 0 heterocycles. The van der Waals surface area contributed by atoms with Gasteiger partial charge in [0.2, 0.25) is 0 Å². The van der Waals surface area contributed by atoms with Crippen molar-refractivity contribution >= 4 is 0 Å². The Morgan fingerprint density at radius 3 is 1.88 bits per heavy atom. The Kier molecular flexibility index (Phi) is 9.02. The van der Waals surface area contributed by atoms with Crippen LogP contribution < -0.4 is 0 Å². The zero-order valence-corrected chi connectivity index (χ0v) is 12.0. The number of aliphatic hydroxyl groups excluding tert-OH is 1. The molecule has 0 aliphatic rings. The van der Waals surface area contributed by atoms with Crippen molar-refractivity contribution in [3.05, 3.63) is 0 Å². The Morgan fingerprint density at radius 1 is 0.750 bits per heavy atom. The molecule has 1 N–H and O–H groups in total. The average Bonchev–Trinajstić information content (AvgIpc) is 2.13. The second-order valence-electron chi connectivity index (χ2n) is 6.29. The maximum absolute atomic E-state index is 9.78. The van der Waals surface area contributed by atoms with E-state index in [1.165, 1.54) is 25.7 Å². The highest BCUT2D eigenvalue weighted by Gasteiger charge is 2.09. The molecule has 2 unspecified atom stereocenters. The van der Waals surface area contributed by atoms with Gasteiger partial charge in [-0.1, -0.05) is 53.9 Å². The first-order valence-electron chi connectivity index (χ1n) is 7.09. The number of hydrogen-bond acceptors (Lipinski definition) is 1. The minimum atomic E-state index is -0.0763. The standard InChI is InChI=1S/C15H32O/c1-12(2)7-6-8-14(5)9-10-15(16)11-13(3)4/h12-16H,6-11H2,1-5H3. The molecule has 0 amide bonds. The normalized spacial score (nSPS) is 15.8. The van der Waals surface area contributed by atoms with E-state index in [1.807, 2.05) is 0 Å². The smallest absolute Gasteiger partial charge is 0.0542 e. The highest BCUT2D eigenvalue weighted by atomic mass is 16.3. The van der Waals surface area contributed by atoms with Crippen molar-refractivity contribution in [3.8, 4) is 0 Å². The van der Waals surface area contributed by atoms with Gasteiger partial charge in [0.25, 0.3) is 0 Å². The van der Waals surface area contributed by atoms with E-state index in [-0.39, 0.29) is 6.10 Å². The van der Waals surface area contributed by atoms with E-state index in [0.717, 1.165) is 24.7 Å². The van der Waals surface area contributed by atoms with Crippen molar-refractivity contribution in [1.82, 2.24) is 0 Å². The summed E-state index contributed by atoms with van der Waals surface area (Å²) in [5.74, 6) is 2.23. The Balaban J connectivity index is 3.45. The first-order valence-corrected chi connectivity index (χ1v) is 7.09. The lowest BCUT2D eigenvalue weighted by Crippen LogP contribution is -2.11. The number of aliphatic hydroxyl groups is 1. The lowest BCUT2D eigenvalue weighted by molar-refractivity contribution is 0.130. The zero-order chi connectivity index (χ0) is 12.6. The summed E-state index contributed by atoms with van der Waals surface area (Å²) in [4.78, 5) is 0. The van der Waals surface area contributed by atoms with Gasteiger partial charge in [0.05, 0.1) is 6.10 Å². The average molecular weight is 228 g/mol. The third kappa shape index (κ3) is 10.5. The molecule has 1 heteroatoms. The Hall–Kier alpha value is -0.0400. The summed E-state index contributed by atoms with van der Waals surface area (Å²) in [6.45, 7) is 11.3. The van der Waals surface area contributed by atoms with E-state index in [9.17, 15) is 5.11 Å². The van der Waals surface area contributed by atoms with Crippen LogP contribution in [0, 0.1) is 17.8 Å². The maximum Gasteiger partial charge on any atom is 0.0542 e. The minimum absolute atomic E-state index is 0.0763. The zero-order valence-electron chi connectivity index (χ0n) is 12.0. The van der Waals surface area contributed by atoms with Crippen LogP contribution in [0.1, 0.15) is 73.1 Å². The maximum atomic E-state index is 9.78. The lowest BCUT2D eigenvalue weighted by atomic mass is 9.93. The second-order valence-corrected chi connectivity index (χ2v) is 6.29. The van der Waals surface area contributed by atoms with Gasteiger partial charge in [-0.15, -0.1) is 0 Å². The van der Waals surface area contributed by atoms with Crippen LogP contribution in [0.5, 0.6) is 0 Å². The summed E-state index contributed by atoms with van der Waals surface area (Å²) in [7, 11) is 0. The van der Waals surface area contributed by atoms with Crippen LogP contribution >= 0.6 is 0 Å². The second kappa shape index (κ2) is 9.04. The lowest BCUT2D eigenvalue weighted by Gasteiger charge is -2.16. The fraction of sp³-hybridized carbons (Fsp3) is 1.00. The van der Waals surface area contributed by atoms with Gasteiger partial charge in [0.1, 0.15) is 0 Å². The Labute approximate surface area is 103 Å². The molecule has 0 bridgehead atoms. The predicted molar refractivity (Wildman–Crippen MR) is 72.5 cm³/mol. The van der Waals surface area contributed by atoms with E-state index < -0.39 is 0 Å². The molecule has 16 heavy (non-hydrogen) atoms. The van der Waals surface area contributed by atoms with Crippen molar-refractivity contribution in [3.63, 3.8) is 0 Å². The SMILES string of the molecule is CC(C)CCCC(C)CCC(O)CC(C)C. The fourth-order valence-corrected chi connectivity index (χ4v) is 2.16. The summed E-state index contributed by atoms with van der Waals surface area (Å²) in [6, 6.07) is 0. The van der Waals surface area contributed by atoms with Gasteiger partial charge >= 0.3 is 0 Å². The van der Waals surface area contributed by atoms with Crippen molar-refractivity contribution in [2.75, 3.05) is 0 Å². The summed E-state index contributed by atoms with van der Waals surface area (Å²) < 4.78 is 0. The van der Waals surface area contributed by atoms with Crippen LogP contribution in [0.2, 0.25) is 0 Å². The van der Waals surface area contributed by atoms with Gasteiger partial charge in [0, 0.05) is 0 Å². The molecule has 1 nitrogen and oxygen atoms in total. The van der Waals surface area contributed by atoms with E-state index in [1.54, 1.807) is 0 Å². The molecular weight excluding hydrogens is 196 g/mol. The molecule has 0 aliphatic heterocycles. The van der Waals surface area contributed by atoms with Crippen LogP contribution in [-0.4, -0.2) is 11.2 Å². The first-order chi connectivity index (χ1) is 7.41. The third-order valence-corrected chi connectivity index (χ3v) is 3.21. The van der Waals surface area contributed by atoms with Crippen LogP contribution in [-0.2, 0) is 0 Å². The van der Waals surface area contributed by atoms with Crippen molar-refractivity contribution in [1.29, 1.82) is 0 Å². The molecule has 2 atom stereocenters. The monoisotopic (exact) mass is 228 g/mol. The molecule has 0 aliphatic carbocycles. The highest BCUT2D eigenvalue weighted by molar-refractivity contribution is 4.62. The minimum Gasteiger partial charge on any atom is -0.393 e. The third-order valence-electron chi connectivity index (χ3n) is 3.21. The van der Waals surface area contributed by atoms with Gasteiger partial charge in [-0.3, -0.25) is 0 Å². The van der Waals surface area contributed by atoms with Gasteiger partial charge in [-0.25, -0.2) is 0 Å². The van der Waals surface area contributed by atoms with E-state index in [0.29, 0.717) is 5.92 Å². The topological polar surface area (TPSA) is 20.2 Å². The number of hydrogen-bond donors (Lipinski definition) is 1. The van der Waals surface area contributed by atoms with Gasteiger partial charge in [-0.05, 0) is 37.0 Å². The highest BCUT2D eigenvalue weighted by Crippen LogP contribution is 2.19. The fourth-order valence-electron chi connectivity index (χ4n) is 2.16. The quantitative estimate of drug-likeness (QED) is 0.609. The largest absolute Gasteiger partial charge is 0.393 e. The number of rotatable bonds is 9. The molecule has 0 fully saturated rings. The molecule has 0 rings (SSSR count). The van der Waals surface area contributed by atoms with Crippen molar-refractivity contribution in [2.45, 2.75) is 79.2 Å². The van der Waals surface area contributed by atoms with Gasteiger partial charge in [0.15, 0.2) is 0 Å². The molecule has 0 aromatic rings. The molecule has 0 radical (unpaired) electrons. The molecular formula is C15H32O. The van der Waals surface area contributed by atoms with Crippen LogP contribution in [0.15, 0.2) is 0 Å². The van der Waals surface area contributed by atoms with Crippen LogP contribution in [0.3, 0.4) is 0 Å². The van der Waals surface area contributed by atoms with Gasteiger partial charge < -0.3 is 5.11 Å². The van der Waals surface area contributed by atoms with Crippen LogP contribution in [0.4, 0.5) is 0 Å². The van der Waals surface area contributed by atoms with E-state index in [2.05, 4.69) is 34.6 Å². The van der Waals surface area contributed by atoms with Crippen molar-refractivity contribution in [2.24, 2.45) is 17.8 Å². The van der Waals surface area contributed by atoms with Gasteiger partial charge in [-0.2, -0.15) is 0 Å². The summed E-state index contributed by atoms with van der Waals surface area (Å²) in [5, 5.41) is 9.78. The molecule has 98 valence electrons. The summed E-state index contributed by atoms with van der Waals surface area (Å²) in [5.41, 5.74) is 0.